The lowest BCUT2D eigenvalue weighted by atomic mass is 10.1. The van der Waals surface area contributed by atoms with Crippen LogP contribution in [-0.2, 0) is 17.8 Å². The van der Waals surface area contributed by atoms with Crippen molar-refractivity contribution in [1.82, 2.24) is 14.8 Å². The Morgan fingerprint density at radius 3 is 2.68 bits per heavy atom. The number of hydrogen-bond donors (Lipinski definition) is 1. The fourth-order valence-corrected chi connectivity index (χ4v) is 3.92. The van der Waals surface area contributed by atoms with Crippen LogP contribution in [0.4, 0.5) is 5.69 Å². The summed E-state index contributed by atoms with van der Waals surface area (Å²) in [7, 11) is 0. The number of hydrogen-bond acceptors (Lipinski definition) is 5. The predicted molar refractivity (Wildman–Crippen MR) is 118 cm³/mol. The molecule has 7 nitrogen and oxygen atoms in total. The number of anilines is 1. The van der Waals surface area contributed by atoms with Crippen molar-refractivity contribution in [1.29, 1.82) is 0 Å². The van der Waals surface area contributed by atoms with Crippen LogP contribution in [0.25, 0.3) is 17.5 Å². The highest BCUT2D eigenvalue weighted by atomic mass is 16.6. The van der Waals surface area contributed by atoms with E-state index in [1.165, 1.54) is 18.9 Å². The number of aromatic nitrogens is 3. The Balaban J connectivity index is 1.24. The van der Waals surface area contributed by atoms with Crippen molar-refractivity contribution in [2.75, 3.05) is 18.5 Å². The molecule has 0 unspecified atom stereocenters. The van der Waals surface area contributed by atoms with Gasteiger partial charge in [0, 0.05) is 30.3 Å². The third-order valence-corrected chi connectivity index (χ3v) is 5.51. The van der Waals surface area contributed by atoms with Crippen LogP contribution >= 0.6 is 0 Å². The number of fused-ring (bicyclic) bond motifs is 2. The number of carbonyl (C=O) groups is 1. The van der Waals surface area contributed by atoms with Crippen molar-refractivity contribution in [2.45, 2.75) is 32.2 Å². The van der Waals surface area contributed by atoms with E-state index in [-0.39, 0.29) is 5.91 Å². The lowest BCUT2D eigenvalue weighted by Gasteiger charge is -2.18. The number of aryl methyl sites for hydroxylation is 1. The van der Waals surface area contributed by atoms with E-state index < -0.39 is 0 Å². The molecule has 3 aromatic rings. The van der Waals surface area contributed by atoms with E-state index >= 15 is 0 Å². The third kappa shape index (κ3) is 4.30. The molecule has 158 valence electrons. The van der Waals surface area contributed by atoms with Crippen LogP contribution in [0.3, 0.4) is 0 Å². The van der Waals surface area contributed by atoms with E-state index in [1.54, 1.807) is 6.08 Å². The number of carbonyl (C=O) groups excluding carboxylic acids is 1. The van der Waals surface area contributed by atoms with E-state index in [1.807, 2.05) is 42.5 Å². The molecule has 0 radical (unpaired) electrons. The predicted octanol–water partition coefficient (Wildman–Crippen LogP) is 4.09. The van der Waals surface area contributed by atoms with E-state index in [2.05, 4.69) is 20.1 Å². The monoisotopic (exact) mass is 416 g/mol. The van der Waals surface area contributed by atoms with Crippen molar-refractivity contribution in [2.24, 2.45) is 0 Å². The normalized spacial score (nSPS) is 15.4. The molecule has 3 heterocycles. The van der Waals surface area contributed by atoms with Crippen LogP contribution in [0.15, 0.2) is 48.5 Å². The van der Waals surface area contributed by atoms with Gasteiger partial charge in [0.05, 0.1) is 0 Å². The molecule has 0 bridgehead atoms. The van der Waals surface area contributed by atoms with E-state index in [0.29, 0.717) is 19.0 Å². The Labute approximate surface area is 180 Å². The summed E-state index contributed by atoms with van der Waals surface area (Å²) in [6.45, 7) is 2.05. The molecule has 2 aliphatic heterocycles. The van der Waals surface area contributed by atoms with Crippen LogP contribution in [-0.4, -0.2) is 33.9 Å². The molecule has 0 spiro atoms. The Kier molecular flexibility index (Phi) is 5.39. The highest BCUT2D eigenvalue weighted by Gasteiger charge is 2.16. The summed E-state index contributed by atoms with van der Waals surface area (Å²) in [6.07, 6.45) is 7.81. The number of amides is 1. The van der Waals surface area contributed by atoms with Gasteiger partial charge >= 0.3 is 0 Å². The zero-order valence-corrected chi connectivity index (χ0v) is 17.2. The molecule has 1 amide bonds. The molecule has 7 heteroatoms. The van der Waals surface area contributed by atoms with E-state index in [9.17, 15) is 4.79 Å². The first-order chi connectivity index (χ1) is 15.3. The number of nitrogens with one attached hydrogen (secondary N) is 1. The fourth-order valence-electron chi connectivity index (χ4n) is 3.92. The maximum absolute atomic E-state index is 12.3. The van der Waals surface area contributed by atoms with Crippen molar-refractivity contribution in [3.05, 3.63) is 59.9 Å². The molecule has 2 aliphatic rings. The molecule has 1 N–H and O–H groups in total. The first-order valence-electron chi connectivity index (χ1n) is 10.7. The average molecular weight is 416 g/mol. The molecule has 5 rings (SSSR count). The van der Waals surface area contributed by atoms with Gasteiger partial charge < -0.3 is 19.4 Å². The average Bonchev–Trinajstić information content (AvgIpc) is 3.06. The molecule has 0 saturated heterocycles. The lowest BCUT2D eigenvalue weighted by molar-refractivity contribution is -0.111. The second kappa shape index (κ2) is 8.63. The molecule has 0 saturated carbocycles. The van der Waals surface area contributed by atoms with Gasteiger partial charge in [0.2, 0.25) is 5.91 Å². The molecule has 0 aliphatic carbocycles. The Bertz CT molecular complexity index is 1120. The summed E-state index contributed by atoms with van der Waals surface area (Å²) >= 11 is 0. The van der Waals surface area contributed by atoms with Crippen molar-refractivity contribution >= 4 is 17.7 Å². The topological polar surface area (TPSA) is 78.3 Å². The Morgan fingerprint density at radius 1 is 0.968 bits per heavy atom. The molecular weight excluding hydrogens is 392 g/mol. The van der Waals surface area contributed by atoms with Gasteiger partial charge in [-0.05, 0) is 60.9 Å². The summed E-state index contributed by atoms with van der Waals surface area (Å²) in [6, 6.07) is 13.4. The molecule has 0 atom stereocenters. The second-order valence-corrected chi connectivity index (χ2v) is 7.71. The molecular formula is C24H24N4O3. The minimum Gasteiger partial charge on any atom is -0.486 e. The van der Waals surface area contributed by atoms with Crippen molar-refractivity contribution < 1.29 is 14.3 Å². The van der Waals surface area contributed by atoms with Gasteiger partial charge in [-0.1, -0.05) is 12.5 Å². The number of rotatable bonds is 4. The van der Waals surface area contributed by atoms with Gasteiger partial charge in [-0.25, -0.2) is 0 Å². The van der Waals surface area contributed by atoms with Crippen molar-refractivity contribution in [3.8, 4) is 22.9 Å². The molecule has 2 aromatic carbocycles. The zero-order valence-electron chi connectivity index (χ0n) is 17.2. The van der Waals surface area contributed by atoms with Gasteiger partial charge in [0.15, 0.2) is 17.3 Å². The highest BCUT2D eigenvalue weighted by molar-refractivity contribution is 6.02. The maximum atomic E-state index is 12.3. The van der Waals surface area contributed by atoms with Crippen LogP contribution in [0.2, 0.25) is 0 Å². The van der Waals surface area contributed by atoms with Crippen LogP contribution in [0, 0.1) is 0 Å². The third-order valence-electron chi connectivity index (χ3n) is 5.51. The SMILES string of the molecule is O=C(/C=C/c1ccc2c(c1)OCCO2)Nc1ccc(-c2nnc3n2CCCCC3)cc1. The minimum atomic E-state index is -0.195. The second-order valence-electron chi connectivity index (χ2n) is 7.71. The van der Waals surface area contributed by atoms with Gasteiger partial charge in [0.25, 0.3) is 0 Å². The summed E-state index contributed by atoms with van der Waals surface area (Å²) in [4.78, 5) is 12.3. The standard InChI is InChI=1S/C24H24N4O3/c29-23(12-6-17-5-11-20-21(16-17)31-15-14-30-20)25-19-9-7-18(8-10-19)24-27-26-22-4-2-1-3-13-28(22)24/h5-12,16H,1-4,13-15H2,(H,25,29)/b12-6+. The highest BCUT2D eigenvalue weighted by Crippen LogP contribution is 2.31. The zero-order chi connectivity index (χ0) is 21.0. The Hall–Kier alpha value is -3.61. The molecule has 31 heavy (non-hydrogen) atoms. The van der Waals surface area contributed by atoms with E-state index in [0.717, 1.165) is 53.6 Å². The van der Waals surface area contributed by atoms with Gasteiger partial charge in [-0.3, -0.25) is 4.79 Å². The Morgan fingerprint density at radius 2 is 1.81 bits per heavy atom. The summed E-state index contributed by atoms with van der Waals surface area (Å²) in [5, 5.41) is 11.6. The fraction of sp³-hybridized carbons (Fsp3) is 0.292. The smallest absolute Gasteiger partial charge is 0.248 e. The first kappa shape index (κ1) is 19.4. The van der Waals surface area contributed by atoms with Gasteiger partial charge in [-0.15, -0.1) is 10.2 Å². The molecule has 0 fully saturated rings. The summed E-state index contributed by atoms with van der Waals surface area (Å²) in [5.41, 5.74) is 2.61. The van der Waals surface area contributed by atoms with Crippen LogP contribution in [0.1, 0.15) is 30.7 Å². The largest absolute Gasteiger partial charge is 0.486 e. The van der Waals surface area contributed by atoms with Crippen LogP contribution < -0.4 is 14.8 Å². The lowest BCUT2D eigenvalue weighted by Crippen LogP contribution is -2.15. The molecule has 1 aromatic heterocycles. The number of ether oxygens (including phenoxy) is 2. The van der Waals surface area contributed by atoms with E-state index in [4.69, 9.17) is 9.47 Å². The first-order valence-corrected chi connectivity index (χ1v) is 10.7. The number of nitrogens with zero attached hydrogens (tertiary/aromatic N) is 3. The quantitative estimate of drug-likeness (QED) is 0.648. The maximum Gasteiger partial charge on any atom is 0.248 e. The van der Waals surface area contributed by atoms with Crippen LogP contribution in [0.5, 0.6) is 11.5 Å². The van der Waals surface area contributed by atoms with Gasteiger partial charge in [0.1, 0.15) is 19.0 Å². The summed E-state index contributed by atoms with van der Waals surface area (Å²) < 4.78 is 13.3. The minimum absolute atomic E-state index is 0.195. The van der Waals surface area contributed by atoms with Gasteiger partial charge in [-0.2, -0.15) is 0 Å². The van der Waals surface area contributed by atoms with Crippen molar-refractivity contribution in [3.63, 3.8) is 0 Å². The number of benzene rings is 2. The summed E-state index contributed by atoms with van der Waals surface area (Å²) in [5.74, 6) is 3.20.